The Balaban J connectivity index is 1.51. The van der Waals surface area contributed by atoms with Gasteiger partial charge in [0.1, 0.15) is 13.2 Å². The zero-order chi connectivity index (χ0) is 26.1. The lowest BCUT2D eigenvalue weighted by atomic mass is 10.0. The first-order valence-corrected chi connectivity index (χ1v) is 15.2. The minimum atomic E-state index is -3.18. The number of aliphatic carboxylic acids is 1. The van der Waals surface area contributed by atoms with Gasteiger partial charge in [0.05, 0.1) is 11.7 Å². The summed E-state index contributed by atoms with van der Waals surface area (Å²) in [6, 6.07) is 6.48. The number of nitrogens with zero attached hydrogens (tertiary/aromatic N) is 2. The number of carboxylic acids is 1. The van der Waals surface area contributed by atoms with Gasteiger partial charge in [0.15, 0.2) is 0 Å². The zero-order valence-corrected chi connectivity index (χ0v) is 22.0. The van der Waals surface area contributed by atoms with Crippen molar-refractivity contribution in [2.75, 3.05) is 25.8 Å². The van der Waals surface area contributed by atoms with Gasteiger partial charge >= 0.3 is 5.97 Å². The summed E-state index contributed by atoms with van der Waals surface area (Å²) in [5.74, 6) is -1.86. The van der Waals surface area contributed by atoms with E-state index >= 15 is 0 Å². The maximum atomic E-state index is 14.1. The molecule has 4 rings (SSSR count). The Morgan fingerprint density at radius 3 is 2.56 bits per heavy atom. The molecule has 36 heavy (non-hydrogen) atoms. The lowest BCUT2D eigenvalue weighted by Gasteiger charge is -2.33. The molecule has 2 unspecified atom stereocenters. The van der Waals surface area contributed by atoms with Crippen LogP contribution < -0.4 is 11.5 Å². The molecule has 3 fully saturated rings. The molecule has 0 saturated carbocycles. The molecule has 0 spiro atoms. The largest absolute Gasteiger partial charge is 0.479 e. The van der Waals surface area contributed by atoms with Crippen LogP contribution in [0.2, 0.25) is 0 Å². The van der Waals surface area contributed by atoms with E-state index in [4.69, 9.17) is 11.5 Å². The van der Waals surface area contributed by atoms with Crippen molar-refractivity contribution < 1.29 is 24.1 Å². The molecule has 3 heterocycles. The van der Waals surface area contributed by atoms with Crippen LogP contribution in [0.1, 0.15) is 56.6 Å². The number of hydrogen-bond donors (Lipinski definition) is 3. The van der Waals surface area contributed by atoms with E-state index in [0.29, 0.717) is 45.2 Å². The first-order chi connectivity index (χ1) is 17.2. The first kappa shape index (κ1) is 26.8. The van der Waals surface area contributed by atoms with E-state index in [1.165, 1.54) is 9.80 Å². The van der Waals surface area contributed by atoms with Crippen LogP contribution >= 0.6 is 7.14 Å². The van der Waals surface area contributed by atoms with Crippen LogP contribution in [-0.2, 0) is 31.8 Å². The number of carbonyl (C=O) groups is 3. The Kier molecular flexibility index (Phi) is 7.93. The number of carboxylic acid groups (broad SMARTS) is 1. The topological polar surface area (TPSA) is 147 Å². The fourth-order valence-corrected chi connectivity index (χ4v) is 10.9. The van der Waals surface area contributed by atoms with Crippen LogP contribution in [0.5, 0.6) is 0 Å². The predicted octanol–water partition coefficient (Wildman–Crippen LogP) is 2.00. The smallest absolute Gasteiger partial charge is 0.338 e. The summed E-state index contributed by atoms with van der Waals surface area (Å²) in [5.41, 5.74) is 13.4. The number of carbonyl (C=O) groups excluding carboxylic acids is 2. The summed E-state index contributed by atoms with van der Waals surface area (Å²) in [5, 5.41) is 8.68. The molecule has 0 aromatic heterocycles. The Morgan fingerprint density at radius 2 is 1.89 bits per heavy atom. The molecule has 2 amide bonds. The summed E-state index contributed by atoms with van der Waals surface area (Å²) in [6.07, 6.45) is 5.18. The number of rotatable bonds is 11. The standard InChI is InChI=1S/C26H39N4O5P/c1-2-18-8-3-4-9-19(18)13-17-36(35)22-12-16-30(26(22,36)25(33)34)24(32)21-11-7-15-29(21)23(31)20(28)10-5-6-14-27/h3-4,8-9,20-22H,2,5-7,10-17,27-28H2,1H3,(H,33,34)/t20-,21-,22?,26+,36?/m0/s1. The van der Waals surface area contributed by atoms with Crippen LogP contribution in [0.25, 0.3) is 0 Å². The van der Waals surface area contributed by atoms with Gasteiger partial charge in [-0.3, -0.25) is 9.59 Å². The number of aryl methyl sites for hydroxylation is 2. The Hall–Kier alpha value is -2.22. The molecule has 5 N–H and O–H groups in total. The fourth-order valence-electron chi connectivity index (χ4n) is 6.49. The second-order valence-electron chi connectivity index (χ2n) is 10.3. The average Bonchev–Trinajstić information content (AvgIpc) is 3.28. The van der Waals surface area contributed by atoms with Crippen molar-refractivity contribution in [1.82, 2.24) is 9.80 Å². The fraction of sp³-hybridized carbons (Fsp3) is 0.654. The molecule has 10 heteroatoms. The van der Waals surface area contributed by atoms with Crippen molar-refractivity contribution in [2.24, 2.45) is 11.5 Å². The summed E-state index contributed by atoms with van der Waals surface area (Å²) in [4.78, 5) is 42.3. The first-order valence-electron chi connectivity index (χ1n) is 13.2. The average molecular weight is 519 g/mol. The van der Waals surface area contributed by atoms with E-state index in [2.05, 4.69) is 6.92 Å². The van der Waals surface area contributed by atoms with Gasteiger partial charge in [0.25, 0.3) is 0 Å². The third-order valence-corrected chi connectivity index (χ3v) is 12.6. The van der Waals surface area contributed by atoms with Crippen molar-refractivity contribution in [3.05, 3.63) is 35.4 Å². The van der Waals surface area contributed by atoms with Crippen LogP contribution in [0, 0.1) is 0 Å². The molecule has 3 aliphatic rings. The summed E-state index contributed by atoms with van der Waals surface area (Å²) < 4.78 is 14.1. The van der Waals surface area contributed by atoms with Gasteiger partial charge in [0, 0.05) is 19.3 Å². The highest BCUT2D eigenvalue weighted by molar-refractivity contribution is 7.75. The molecule has 1 aromatic rings. The molecule has 3 saturated heterocycles. The van der Waals surface area contributed by atoms with Crippen molar-refractivity contribution in [3.8, 4) is 0 Å². The monoisotopic (exact) mass is 518 g/mol. The number of amides is 2. The van der Waals surface area contributed by atoms with E-state index in [-0.39, 0.29) is 18.6 Å². The summed E-state index contributed by atoms with van der Waals surface area (Å²) in [7, 11) is -3.18. The van der Waals surface area contributed by atoms with Gasteiger partial charge in [0.2, 0.25) is 17.1 Å². The number of unbranched alkanes of at least 4 members (excludes halogenated alkanes) is 1. The van der Waals surface area contributed by atoms with E-state index in [0.717, 1.165) is 30.4 Å². The van der Waals surface area contributed by atoms with Crippen molar-refractivity contribution in [2.45, 2.75) is 81.3 Å². The molecule has 9 nitrogen and oxygen atoms in total. The molecule has 1 aromatic carbocycles. The van der Waals surface area contributed by atoms with Gasteiger partial charge in [-0.1, -0.05) is 37.6 Å². The van der Waals surface area contributed by atoms with Gasteiger partial charge in [-0.2, -0.15) is 0 Å². The molecule has 198 valence electrons. The van der Waals surface area contributed by atoms with Crippen LogP contribution in [-0.4, -0.2) is 81.5 Å². The number of benzene rings is 1. The minimum Gasteiger partial charge on any atom is -0.479 e. The molecule has 3 aliphatic heterocycles. The maximum absolute atomic E-state index is 14.1. The van der Waals surface area contributed by atoms with Crippen LogP contribution in [0.3, 0.4) is 0 Å². The van der Waals surface area contributed by atoms with E-state index in [1.807, 2.05) is 24.3 Å². The third kappa shape index (κ3) is 4.29. The van der Waals surface area contributed by atoms with Gasteiger partial charge in [-0.25, -0.2) is 4.79 Å². The van der Waals surface area contributed by atoms with Gasteiger partial charge in [-0.05, 0) is 62.6 Å². The number of likely N-dealkylation sites (tertiary alicyclic amines) is 2. The number of fused-ring (bicyclic) bond motifs is 1. The highest BCUT2D eigenvalue weighted by Crippen LogP contribution is 2.86. The highest BCUT2D eigenvalue weighted by Gasteiger charge is 2.85. The second kappa shape index (κ2) is 10.6. The van der Waals surface area contributed by atoms with E-state index < -0.39 is 42.0 Å². The van der Waals surface area contributed by atoms with Crippen LogP contribution in [0.4, 0.5) is 0 Å². The highest BCUT2D eigenvalue weighted by atomic mass is 31.2. The minimum absolute atomic E-state index is 0.256. The SMILES string of the molecule is CCc1ccccc1CCP1(=O)C2CCN(C(=O)[C@@H]3CCCN3C(=O)[C@@H](N)CCCCN)[C@]21C(=O)O. The quantitative estimate of drug-likeness (QED) is 0.300. The Labute approximate surface area is 212 Å². The summed E-state index contributed by atoms with van der Waals surface area (Å²) >= 11 is 0. The van der Waals surface area contributed by atoms with Crippen molar-refractivity contribution >= 4 is 24.9 Å². The van der Waals surface area contributed by atoms with E-state index in [1.54, 1.807) is 0 Å². The second-order valence-corrected chi connectivity index (χ2v) is 13.6. The normalized spacial score (nSPS) is 29.8. The van der Waals surface area contributed by atoms with Crippen LogP contribution in [0.15, 0.2) is 24.3 Å². The van der Waals surface area contributed by atoms with Gasteiger partial charge < -0.3 is 30.9 Å². The molecule has 5 atom stereocenters. The summed E-state index contributed by atoms with van der Waals surface area (Å²) in [6.45, 7) is 3.27. The third-order valence-electron chi connectivity index (χ3n) is 8.42. The number of nitrogens with two attached hydrogens (primary N) is 2. The Bertz CT molecular complexity index is 1060. The predicted molar refractivity (Wildman–Crippen MR) is 138 cm³/mol. The molecule has 0 radical (unpaired) electrons. The zero-order valence-electron chi connectivity index (χ0n) is 21.1. The van der Waals surface area contributed by atoms with Gasteiger partial charge in [-0.15, -0.1) is 0 Å². The molecular weight excluding hydrogens is 479 g/mol. The lowest BCUT2D eigenvalue weighted by molar-refractivity contribution is -0.152. The number of hydrogen-bond acceptors (Lipinski definition) is 6. The lowest BCUT2D eigenvalue weighted by Crippen LogP contribution is -2.55. The maximum Gasteiger partial charge on any atom is 0.338 e. The molecule has 0 aliphatic carbocycles. The van der Waals surface area contributed by atoms with E-state index in [9.17, 15) is 24.1 Å². The van der Waals surface area contributed by atoms with Crippen molar-refractivity contribution in [1.29, 1.82) is 0 Å². The molecular formula is C26H39N4O5P. The van der Waals surface area contributed by atoms with Crippen molar-refractivity contribution in [3.63, 3.8) is 0 Å². The molecule has 0 bridgehead atoms. The Morgan fingerprint density at radius 1 is 1.17 bits per heavy atom.